The fourth-order valence-corrected chi connectivity index (χ4v) is 5.03. The normalized spacial score (nSPS) is 18.5. The van der Waals surface area contributed by atoms with Crippen LogP contribution in [0.1, 0.15) is 46.5 Å². The Hall–Kier alpha value is -0.620. The molecule has 1 N–H and O–H groups in total. The van der Waals surface area contributed by atoms with Gasteiger partial charge >= 0.3 is 5.97 Å². The Morgan fingerprint density at radius 2 is 1.95 bits per heavy atom. The van der Waals surface area contributed by atoms with Gasteiger partial charge in [-0.25, -0.2) is 8.42 Å². The van der Waals surface area contributed by atoms with Crippen molar-refractivity contribution in [3.63, 3.8) is 0 Å². The molecule has 0 heterocycles. The van der Waals surface area contributed by atoms with E-state index in [1.165, 1.54) is 7.11 Å². The highest BCUT2D eigenvalue weighted by Gasteiger charge is 2.48. The number of esters is 1. The molecule has 0 saturated heterocycles. The predicted molar refractivity (Wildman–Crippen MR) is 83.9 cm³/mol. The maximum atomic E-state index is 12.4. The maximum Gasteiger partial charge on any atom is 0.306 e. The first kappa shape index (κ1) is 18.4. The van der Waals surface area contributed by atoms with Crippen molar-refractivity contribution in [3.05, 3.63) is 0 Å². The number of ether oxygens (including phenoxy) is 1. The third-order valence-corrected chi connectivity index (χ3v) is 6.04. The van der Waals surface area contributed by atoms with E-state index in [0.29, 0.717) is 0 Å². The van der Waals surface area contributed by atoms with Crippen LogP contribution >= 0.6 is 0 Å². The smallest absolute Gasteiger partial charge is 0.306 e. The fraction of sp³-hybridized carbons (Fsp3) is 0.933. The molecule has 1 rings (SSSR count). The van der Waals surface area contributed by atoms with Gasteiger partial charge in [-0.3, -0.25) is 4.79 Å². The molecule has 124 valence electrons. The summed E-state index contributed by atoms with van der Waals surface area (Å²) < 4.78 is 29.6. The van der Waals surface area contributed by atoms with Crippen LogP contribution in [0.3, 0.4) is 0 Å². The van der Waals surface area contributed by atoms with E-state index in [4.69, 9.17) is 0 Å². The minimum absolute atomic E-state index is 0.0242. The van der Waals surface area contributed by atoms with Crippen molar-refractivity contribution < 1.29 is 17.9 Å². The summed E-state index contributed by atoms with van der Waals surface area (Å²) >= 11 is 0. The van der Waals surface area contributed by atoms with Crippen LogP contribution in [0.4, 0.5) is 0 Å². The number of hydrogen-bond donors (Lipinski definition) is 1. The molecule has 0 spiro atoms. The average molecular weight is 319 g/mol. The van der Waals surface area contributed by atoms with Gasteiger partial charge in [0.15, 0.2) is 9.84 Å². The summed E-state index contributed by atoms with van der Waals surface area (Å²) in [5.74, 6) is 0.203. The average Bonchev–Trinajstić information content (AvgIpc) is 3.12. The third kappa shape index (κ3) is 6.34. The Labute approximate surface area is 128 Å². The Balaban J connectivity index is 2.61. The molecule has 1 unspecified atom stereocenters. The first-order chi connectivity index (χ1) is 9.73. The molecule has 0 aromatic carbocycles. The molecule has 0 amide bonds. The number of carbonyl (C=O) groups is 1. The van der Waals surface area contributed by atoms with Crippen molar-refractivity contribution in [1.82, 2.24) is 5.32 Å². The van der Waals surface area contributed by atoms with Crippen molar-refractivity contribution in [2.45, 2.75) is 52.5 Å². The minimum atomic E-state index is -3.18. The van der Waals surface area contributed by atoms with E-state index in [1.807, 2.05) is 13.8 Å². The molecule has 0 aromatic heterocycles. The monoisotopic (exact) mass is 319 g/mol. The van der Waals surface area contributed by atoms with Crippen molar-refractivity contribution >= 4 is 15.8 Å². The second-order valence-corrected chi connectivity index (χ2v) is 8.72. The van der Waals surface area contributed by atoms with E-state index in [1.54, 1.807) is 0 Å². The topological polar surface area (TPSA) is 72.5 Å². The standard InChI is InChI=1S/C15H29NO4S/c1-5-8-16-13(12(2)3)10-21(18,19)11-15(6-7-15)9-14(17)20-4/h12-13,16H,5-11H2,1-4H3. The van der Waals surface area contributed by atoms with Crippen LogP contribution in [0.2, 0.25) is 0 Å². The van der Waals surface area contributed by atoms with Crippen molar-refractivity contribution in [2.75, 3.05) is 25.2 Å². The predicted octanol–water partition coefficient (Wildman–Crippen LogP) is 1.77. The molecule has 0 radical (unpaired) electrons. The van der Waals surface area contributed by atoms with Crippen LogP contribution in [-0.4, -0.2) is 45.6 Å². The molecule has 21 heavy (non-hydrogen) atoms. The second kappa shape index (κ2) is 7.58. The number of methoxy groups -OCH3 is 1. The van der Waals surface area contributed by atoms with Crippen molar-refractivity contribution in [1.29, 1.82) is 0 Å². The highest BCUT2D eigenvalue weighted by atomic mass is 32.2. The lowest BCUT2D eigenvalue weighted by molar-refractivity contribution is -0.141. The minimum Gasteiger partial charge on any atom is -0.469 e. The van der Waals surface area contributed by atoms with Crippen LogP contribution in [0, 0.1) is 11.3 Å². The van der Waals surface area contributed by atoms with Gasteiger partial charge < -0.3 is 10.1 Å². The molecule has 1 fully saturated rings. The van der Waals surface area contributed by atoms with Gasteiger partial charge in [-0.15, -0.1) is 0 Å². The Morgan fingerprint density at radius 3 is 2.38 bits per heavy atom. The van der Waals surface area contributed by atoms with E-state index in [0.717, 1.165) is 25.8 Å². The zero-order valence-corrected chi connectivity index (χ0v) is 14.5. The lowest BCUT2D eigenvalue weighted by Gasteiger charge is -2.23. The van der Waals surface area contributed by atoms with E-state index < -0.39 is 9.84 Å². The number of carbonyl (C=O) groups excluding carboxylic acids is 1. The molecule has 6 heteroatoms. The second-order valence-electron chi connectivity index (χ2n) is 6.61. The van der Waals surface area contributed by atoms with E-state index >= 15 is 0 Å². The highest BCUT2D eigenvalue weighted by Crippen LogP contribution is 2.50. The summed E-state index contributed by atoms with van der Waals surface area (Å²) in [5, 5.41) is 3.31. The van der Waals surface area contributed by atoms with Crippen LogP contribution in [0.5, 0.6) is 0 Å². The third-order valence-electron chi connectivity index (χ3n) is 4.12. The number of hydrogen-bond acceptors (Lipinski definition) is 5. The molecule has 1 atom stereocenters. The van der Waals surface area contributed by atoms with Crippen LogP contribution in [0.15, 0.2) is 0 Å². The number of sulfone groups is 1. The van der Waals surface area contributed by atoms with Gasteiger partial charge in [-0.1, -0.05) is 20.8 Å². The summed E-state index contributed by atoms with van der Waals surface area (Å²) in [6, 6.07) is -0.0242. The summed E-state index contributed by atoms with van der Waals surface area (Å²) in [6.45, 7) is 6.95. The van der Waals surface area contributed by atoms with Gasteiger partial charge in [0.1, 0.15) is 0 Å². The Bertz CT molecular complexity index is 441. The number of nitrogens with one attached hydrogen (secondary N) is 1. The first-order valence-electron chi connectivity index (χ1n) is 7.74. The zero-order chi connectivity index (χ0) is 16.1. The summed E-state index contributed by atoms with van der Waals surface area (Å²) in [6.07, 6.45) is 2.80. The molecule has 1 aliphatic carbocycles. The molecule has 0 aromatic rings. The van der Waals surface area contributed by atoms with E-state index in [2.05, 4.69) is 17.0 Å². The molecule has 5 nitrogen and oxygen atoms in total. The summed E-state index contributed by atoms with van der Waals surface area (Å²) in [5.41, 5.74) is -0.363. The van der Waals surface area contributed by atoms with E-state index in [9.17, 15) is 13.2 Å². The van der Waals surface area contributed by atoms with E-state index in [-0.39, 0.29) is 41.3 Å². The van der Waals surface area contributed by atoms with Crippen LogP contribution in [-0.2, 0) is 19.4 Å². The van der Waals surface area contributed by atoms with Gasteiger partial charge in [0.05, 0.1) is 25.0 Å². The fourth-order valence-electron chi connectivity index (χ4n) is 2.54. The Kier molecular flexibility index (Phi) is 6.66. The van der Waals surface area contributed by atoms with Gasteiger partial charge in [0.2, 0.25) is 0 Å². The van der Waals surface area contributed by atoms with Gasteiger partial charge in [-0.05, 0) is 37.1 Å². The first-order valence-corrected chi connectivity index (χ1v) is 9.56. The van der Waals surface area contributed by atoms with Gasteiger partial charge in [0.25, 0.3) is 0 Å². The summed E-state index contributed by atoms with van der Waals surface area (Å²) in [4.78, 5) is 11.4. The molecular formula is C15H29NO4S. The number of rotatable bonds is 10. The highest BCUT2D eigenvalue weighted by molar-refractivity contribution is 7.91. The lowest BCUT2D eigenvalue weighted by Crippen LogP contribution is -2.41. The quantitative estimate of drug-likeness (QED) is 0.621. The zero-order valence-electron chi connectivity index (χ0n) is 13.6. The summed E-state index contributed by atoms with van der Waals surface area (Å²) in [7, 11) is -1.83. The Morgan fingerprint density at radius 1 is 1.33 bits per heavy atom. The van der Waals surface area contributed by atoms with Gasteiger partial charge in [-0.2, -0.15) is 0 Å². The van der Waals surface area contributed by atoms with Gasteiger partial charge in [0, 0.05) is 6.04 Å². The molecule has 0 bridgehead atoms. The maximum absolute atomic E-state index is 12.4. The largest absolute Gasteiger partial charge is 0.469 e. The molecule has 1 saturated carbocycles. The molecule has 0 aliphatic heterocycles. The lowest BCUT2D eigenvalue weighted by atomic mass is 10.1. The van der Waals surface area contributed by atoms with Crippen LogP contribution in [0.25, 0.3) is 0 Å². The van der Waals surface area contributed by atoms with Crippen LogP contribution < -0.4 is 5.32 Å². The molecular weight excluding hydrogens is 290 g/mol. The molecule has 1 aliphatic rings. The van der Waals surface area contributed by atoms with Crippen molar-refractivity contribution in [3.8, 4) is 0 Å². The van der Waals surface area contributed by atoms with Crippen molar-refractivity contribution in [2.24, 2.45) is 11.3 Å². The SMILES string of the molecule is CCCNC(CS(=O)(=O)CC1(CC(=O)OC)CC1)C(C)C.